The lowest BCUT2D eigenvalue weighted by atomic mass is 10.1. The van der Waals surface area contributed by atoms with Gasteiger partial charge in [-0.3, -0.25) is 4.79 Å². The van der Waals surface area contributed by atoms with E-state index in [2.05, 4.69) is 11.9 Å². The summed E-state index contributed by atoms with van der Waals surface area (Å²) >= 11 is 0. The number of ether oxygens (including phenoxy) is 1. The van der Waals surface area contributed by atoms with Gasteiger partial charge < -0.3 is 15.2 Å². The third kappa shape index (κ3) is 5.30. The maximum atomic E-state index is 12.2. The predicted octanol–water partition coefficient (Wildman–Crippen LogP) is 2.62. The Hall–Kier alpha value is -2.30. The van der Waals surface area contributed by atoms with Crippen molar-refractivity contribution in [2.75, 3.05) is 6.61 Å². The van der Waals surface area contributed by atoms with E-state index in [0.29, 0.717) is 17.7 Å². The molecule has 0 fully saturated rings. The van der Waals surface area contributed by atoms with Crippen molar-refractivity contribution in [2.45, 2.75) is 32.2 Å². The largest absolute Gasteiger partial charge is 0.489 e. The van der Waals surface area contributed by atoms with Crippen molar-refractivity contribution in [1.82, 2.24) is 5.32 Å². The summed E-state index contributed by atoms with van der Waals surface area (Å²) in [6, 6.07) is 5.84. The van der Waals surface area contributed by atoms with Crippen molar-refractivity contribution in [3.63, 3.8) is 0 Å². The molecule has 1 rings (SSSR count). The summed E-state index contributed by atoms with van der Waals surface area (Å²) in [4.78, 5) is 23.4. The van der Waals surface area contributed by atoms with Gasteiger partial charge in [-0.05, 0) is 18.6 Å². The molecule has 0 aliphatic carbocycles. The number of carboxylic acids is 1. The number of carbonyl (C=O) groups is 2. The Morgan fingerprint density at radius 3 is 2.76 bits per heavy atom. The number of amides is 1. The van der Waals surface area contributed by atoms with Crippen LogP contribution in [0, 0.1) is 0 Å². The molecule has 5 nitrogen and oxygen atoms in total. The number of para-hydroxylation sites is 1. The molecule has 0 saturated heterocycles. The standard InChI is InChI=1S/C16H21NO4/c1-3-5-9-13(16(19)20)17-15(18)12-8-6-7-10-14(12)21-11-4-2/h4,6-8,10,13H,2-3,5,9,11H2,1H3,(H,17,18)(H,19,20)/t13-/m0/s1. The predicted molar refractivity (Wildman–Crippen MR) is 80.5 cm³/mol. The topological polar surface area (TPSA) is 75.6 Å². The summed E-state index contributed by atoms with van der Waals surface area (Å²) in [5, 5.41) is 11.7. The van der Waals surface area contributed by atoms with Crippen LogP contribution in [0.4, 0.5) is 0 Å². The zero-order valence-electron chi connectivity index (χ0n) is 12.2. The number of benzene rings is 1. The maximum Gasteiger partial charge on any atom is 0.326 e. The highest BCUT2D eigenvalue weighted by Crippen LogP contribution is 2.18. The molecule has 1 amide bonds. The Kier molecular flexibility index (Phi) is 7.01. The van der Waals surface area contributed by atoms with Gasteiger partial charge in [0.15, 0.2) is 0 Å². The number of hydrogen-bond acceptors (Lipinski definition) is 3. The van der Waals surface area contributed by atoms with E-state index in [1.165, 1.54) is 0 Å². The van der Waals surface area contributed by atoms with Crippen LogP contribution < -0.4 is 10.1 Å². The third-order valence-corrected chi connectivity index (χ3v) is 2.94. The zero-order chi connectivity index (χ0) is 15.7. The fourth-order valence-electron chi connectivity index (χ4n) is 1.83. The molecule has 1 aromatic carbocycles. The highest BCUT2D eigenvalue weighted by Gasteiger charge is 2.21. The first-order chi connectivity index (χ1) is 10.1. The van der Waals surface area contributed by atoms with Crippen LogP contribution in [0.1, 0.15) is 36.5 Å². The number of unbranched alkanes of at least 4 members (excludes halogenated alkanes) is 1. The molecule has 1 atom stereocenters. The highest BCUT2D eigenvalue weighted by molar-refractivity contribution is 5.98. The van der Waals surface area contributed by atoms with Crippen LogP contribution in [0.2, 0.25) is 0 Å². The number of nitrogens with one attached hydrogen (secondary N) is 1. The van der Waals surface area contributed by atoms with Gasteiger partial charge in [0, 0.05) is 0 Å². The van der Waals surface area contributed by atoms with Gasteiger partial charge in [-0.2, -0.15) is 0 Å². The second kappa shape index (κ2) is 8.79. The van der Waals surface area contributed by atoms with Crippen molar-refractivity contribution in [2.24, 2.45) is 0 Å². The maximum absolute atomic E-state index is 12.2. The van der Waals surface area contributed by atoms with Crippen LogP contribution in [0.3, 0.4) is 0 Å². The van der Waals surface area contributed by atoms with Gasteiger partial charge in [-0.25, -0.2) is 4.79 Å². The minimum Gasteiger partial charge on any atom is -0.489 e. The Bertz CT molecular complexity index is 499. The molecule has 5 heteroatoms. The normalized spacial score (nSPS) is 11.5. The van der Waals surface area contributed by atoms with Gasteiger partial charge in [0.1, 0.15) is 18.4 Å². The second-order valence-electron chi connectivity index (χ2n) is 4.60. The number of carbonyl (C=O) groups excluding carboxylic acids is 1. The molecule has 0 unspecified atom stereocenters. The van der Waals surface area contributed by atoms with Gasteiger partial charge in [-0.15, -0.1) is 0 Å². The van der Waals surface area contributed by atoms with Crippen molar-refractivity contribution < 1.29 is 19.4 Å². The Balaban J connectivity index is 2.81. The fourth-order valence-corrected chi connectivity index (χ4v) is 1.83. The quantitative estimate of drug-likeness (QED) is 0.686. The first kappa shape index (κ1) is 16.8. The van der Waals surface area contributed by atoms with Gasteiger partial charge in [-0.1, -0.05) is 44.6 Å². The molecular weight excluding hydrogens is 270 g/mol. The molecule has 0 aliphatic heterocycles. The summed E-state index contributed by atoms with van der Waals surface area (Å²) in [5.74, 6) is -1.06. The Morgan fingerprint density at radius 1 is 1.43 bits per heavy atom. The zero-order valence-corrected chi connectivity index (χ0v) is 12.2. The van der Waals surface area contributed by atoms with E-state index in [1.54, 1.807) is 30.3 Å². The first-order valence-corrected chi connectivity index (χ1v) is 6.96. The van der Waals surface area contributed by atoms with Crippen molar-refractivity contribution >= 4 is 11.9 Å². The molecule has 0 saturated carbocycles. The molecule has 0 radical (unpaired) electrons. The number of rotatable bonds is 9. The monoisotopic (exact) mass is 291 g/mol. The van der Waals surface area contributed by atoms with Gasteiger partial charge in [0.05, 0.1) is 5.56 Å². The van der Waals surface area contributed by atoms with Crippen LogP contribution in [-0.4, -0.2) is 29.6 Å². The van der Waals surface area contributed by atoms with Crippen LogP contribution in [-0.2, 0) is 4.79 Å². The summed E-state index contributed by atoms with van der Waals surface area (Å²) in [6.07, 6.45) is 3.60. The first-order valence-electron chi connectivity index (χ1n) is 6.96. The smallest absolute Gasteiger partial charge is 0.326 e. The van der Waals surface area contributed by atoms with E-state index in [-0.39, 0.29) is 6.61 Å². The van der Waals surface area contributed by atoms with E-state index in [0.717, 1.165) is 12.8 Å². The molecule has 1 aromatic rings. The van der Waals surface area contributed by atoms with Crippen molar-refractivity contribution in [3.05, 3.63) is 42.5 Å². The average Bonchev–Trinajstić information content (AvgIpc) is 2.49. The number of carboxylic acid groups (broad SMARTS) is 1. The summed E-state index contributed by atoms with van der Waals surface area (Å²) in [6.45, 7) is 5.80. The fraction of sp³-hybridized carbons (Fsp3) is 0.375. The minimum atomic E-state index is -1.03. The van der Waals surface area contributed by atoms with Crippen molar-refractivity contribution in [1.29, 1.82) is 0 Å². The molecule has 0 aliphatic rings. The number of aliphatic carboxylic acids is 1. The number of hydrogen-bond donors (Lipinski definition) is 2. The molecule has 2 N–H and O–H groups in total. The van der Waals surface area contributed by atoms with Gasteiger partial charge in [0.2, 0.25) is 0 Å². The Labute approximate surface area is 124 Å². The second-order valence-corrected chi connectivity index (χ2v) is 4.60. The lowest BCUT2D eigenvalue weighted by molar-refractivity contribution is -0.139. The Morgan fingerprint density at radius 2 is 2.14 bits per heavy atom. The van der Waals surface area contributed by atoms with Crippen LogP contribution in [0.5, 0.6) is 5.75 Å². The van der Waals surface area contributed by atoms with Gasteiger partial charge >= 0.3 is 5.97 Å². The van der Waals surface area contributed by atoms with E-state index in [1.807, 2.05) is 6.92 Å². The molecule has 0 spiro atoms. The van der Waals surface area contributed by atoms with E-state index >= 15 is 0 Å². The molecule has 114 valence electrons. The lowest BCUT2D eigenvalue weighted by Crippen LogP contribution is -2.40. The molecule has 0 aromatic heterocycles. The summed E-state index contributed by atoms with van der Waals surface area (Å²) < 4.78 is 5.40. The van der Waals surface area contributed by atoms with Crippen LogP contribution in [0.25, 0.3) is 0 Å². The molecule has 0 heterocycles. The van der Waals surface area contributed by atoms with Crippen molar-refractivity contribution in [3.8, 4) is 5.75 Å². The molecular formula is C16H21NO4. The van der Waals surface area contributed by atoms with Crippen LogP contribution in [0.15, 0.2) is 36.9 Å². The van der Waals surface area contributed by atoms with Crippen LogP contribution >= 0.6 is 0 Å². The SMILES string of the molecule is C=CCOc1ccccc1C(=O)N[C@@H](CCCC)C(=O)O. The highest BCUT2D eigenvalue weighted by atomic mass is 16.5. The van der Waals surface area contributed by atoms with E-state index in [9.17, 15) is 9.59 Å². The third-order valence-electron chi connectivity index (χ3n) is 2.94. The minimum absolute atomic E-state index is 0.280. The molecule has 0 bridgehead atoms. The van der Waals surface area contributed by atoms with Gasteiger partial charge in [0.25, 0.3) is 5.91 Å². The molecule has 21 heavy (non-hydrogen) atoms. The average molecular weight is 291 g/mol. The van der Waals surface area contributed by atoms with E-state index < -0.39 is 17.9 Å². The summed E-state index contributed by atoms with van der Waals surface area (Å²) in [5.41, 5.74) is 0.321. The lowest BCUT2D eigenvalue weighted by Gasteiger charge is -2.15. The van der Waals surface area contributed by atoms with E-state index in [4.69, 9.17) is 9.84 Å². The summed E-state index contributed by atoms with van der Waals surface area (Å²) in [7, 11) is 0.